The van der Waals surface area contributed by atoms with Gasteiger partial charge >= 0.3 is 0 Å². The molecule has 0 saturated carbocycles. The molecule has 3 aliphatic rings. The number of halogens is 3. The first-order chi connectivity index (χ1) is 19.1. The first kappa shape index (κ1) is 30.5. The average Bonchev–Trinajstić information content (AvgIpc) is 3.49. The standard InChI is InChI=1S/C29H38Cl2FN5O3/c1-19-18-36(13-11-29(28(40)33-2)10-9-22(30)23(31)17-29)14-15-37(19)27(39)25(16-20-5-7-21(32)8-6-20)35-26(38)24-4-3-12-34-24/h5-10,19,24-25,34H,3-4,11-18H2,1-2H3,(H,33,40)(H,35,38). The van der Waals surface area contributed by atoms with Crippen LogP contribution in [0.4, 0.5) is 4.39 Å². The molecule has 218 valence electrons. The topological polar surface area (TPSA) is 93.8 Å². The van der Waals surface area contributed by atoms with Gasteiger partial charge in [0.2, 0.25) is 17.7 Å². The Morgan fingerprint density at radius 1 is 1.20 bits per heavy atom. The zero-order valence-electron chi connectivity index (χ0n) is 23.0. The molecule has 1 aliphatic carbocycles. The molecule has 4 atom stereocenters. The van der Waals surface area contributed by atoms with Gasteiger partial charge < -0.3 is 20.9 Å². The quantitative estimate of drug-likeness (QED) is 0.409. The molecule has 11 heteroatoms. The van der Waals surface area contributed by atoms with Crippen molar-refractivity contribution in [1.82, 2.24) is 25.8 Å². The highest BCUT2D eigenvalue weighted by atomic mass is 35.5. The van der Waals surface area contributed by atoms with Crippen LogP contribution in [-0.2, 0) is 20.8 Å². The van der Waals surface area contributed by atoms with E-state index >= 15 is 0 Å². The smallest absolute Gasteiger partial charge is 0.245 e. The normalized spacial score (nSPS) is 26.1. The maximum atomic E-state index is 13.8. The predicted octanol–water partition coefficient (Wildman–Crippen LogP) is 2.91. The number of benzene rings is 1. The second-order valence-electron chi connectivity index (χ2n) is 11.0. The fourth-order valence-corrected chi connectivity index (χ4v) is 6.22. The van der Waals surface area contributed by atoms with Gasteiger partial charge in [-0.2, -0.15) is 0 Å². The Balaban J connectivity index is 1.40. The van der Waals surface area contributed by atoms with Gasteiger partial charge in [0.15, 0.2) is 0 Å². The van der Waals surface area contributed by atoms with Crippen molar-refractivity contribution >= 4 is 40.9 Å². The highest BCUT2D eigenvalue weighted by molar-refractivity contribution is 6.40. The van der Waals surface area contributed by atoms with Gasteiger partial charge in [-0.05, 0) is 63.0 Å². The van der Waals surface area contributed by atoms with E-state index in [0.29, 0.717) is 49.1 Å². The van der Waals surface area contributed by atoms with Crippen molar-refractivity contribution in [3.05, 3.63) is 57.9 Å². The molecular weight excluding hydrogens is 556 g/mol. The van der Waals surface area contributed by atoms with Crippen molar-refractivity contribution in [1.29, 1.82) is 0 Å². The van der Waals surface area contributed by atoms with Gasteiger partial charge in [0.1, 0.15) is 11.9 Å². The van der Waals surface area contributed by atoms with E-state index < -0.39 is 11.5 Å². The molecule has 4 rings (SSSR count). The third-order valence-corrected chi connectivity index (χ3v) is 8.96. The number of rotatable bonds is 9. The lowest BCUT2D eigenvalue weighted by Crippen LogP contribution is -2.60. The van der Waals surface area contributed by atoms with Crippen molar-refractivity contribution in [2.75, 3.05) is 39.8 Å². The molecule has 4 unspecified atom stereocenters. The van der Waals surface area contributed by atoms with Crippen molar-refractivity contribution < 1.29 is 18.8 Å². The monoisotopic (exact) mass is 593 g/mol. The lowest BCUT2D eigenvalue weighted by molar-refractivity contribution is -0.140. The number of hydrogen-bond donors (Lipinski definition) is 3. The molecular formula is C29H38Cl2FN5O3. The zero-order valence-corrected chi connectivity index (χ0v) is 24.5. The lowest BCUT2D eigenvalue weighted by atomic mass is 9.77. The number of amides is 3. The summed E-state index contributed by atoms with van der Waals surface area (Å²) in [5.41, 5.74) is -0.00209. The van der Waals surface area contributed by atoms with Crippen LogP contribution in [0.2, 0.25) is 0 Å². The minimum Gasteiger partial charge on any atom is -0.358 e. The van der Waals surface area contributed by atoms with Gasteiger partial charge in [0.25, 0.3) is 0 Å². The molecule has 0 bridgehead atoms. The van der Waals surface area contributed by atoms with Crippen LogP contribution >= 0.6 is 23.2 Å². The number of carbonyl (C=O) groups is 3. The van der Waals surface area contributed by atoms with Gasteiger partial charge in [-0.25, -0.2) is 4.39 Å². The Hall–Kier alpha value is -2.46. The van der Waals surface area contributed by atoms with Crippen LogP contribution in [0.1, 0.15) is 38.2 Å². The van der Waals surface area contributed by atoms with E-state index in [4.69, 9.17) is 23.2 Å². The number of nitrogens with zero attached hydrogens (tertiary/aromatic N) is 2. The number of hydrogen-bond acceptors (Lipinski definition) is 5. The molecule has 2 saturated heterocycles. The molecule has 2 fully saturated rings. The highest BCUT2D eigenvalue weighted by Crippen LogP contribution is 2.40. The van der Waals surface area contributed by atoms with E-state index in [2.05, 4.69) is 20.9 Å². The molecule has 0 aromatic heterocycles. The van der Waals surface area contributed by atoms with E-state index in [9.17, 15) is 18.8 Å². The van der Waals surface area contributed by atoms with E-state index in [1.165, 1.54) is 12.1 Å². The van der Waals surface area contributed by atoms with E-state index in [0.717, 1.165) is 24.9 Å². The summed E-state index contributed by atoms with van der Waals surface area (Å²) in [7, 11) is 1.61. The summed E-state index contributed by atoms with van der Waals surface area (Å²) in [5.74, 6) is -0.786. The summed E-state index contributed by atoms with van der Waals surface area (Å²) in [5, 5.41) is 9.83. The van der Waals surface area contributed by atoms with Crippen LogP contribution in [0, 0.1) is 11.2 Å². The lowest BCUT2D eigenvalue weighted by Gasteiger charge is -2.42. The van der Waals surface area contributed by atoms with Crippen LogP contribution in [0.15, 0.2) is 46.5 Å². The fourth-order valence-electron chi connectivity index (χ4n) is 5.79. The maximum absolute atomic E-state index is 13.8. The molecule has 8 nitrogen and oxygen atoms in total. The minimum absolute atomic E-state index is 0.103. The van der Waals surface area contributed by atoms with Crippen LogP contribution in [0.3, 0.4) is 0 Å². The van der Waals surface area contributed by atoms with E-state index in [1.807, 2.05) is 17.9 Å². The molecule has 3 N–H and O–H groups in total. The molecule has 2 aliphatic heterocycles. The molecule has 1 aromatic carbocycles. The minimum atomic E-state index is -0.779. The number of piperazine rings is 1. The molecule has 2 heterocycles. The van der Waals surface area contributed by atoms with Crippen LogP contribution in [0.25, 0.3) is 0 Å². The summed E-state index contributed by atoms with van der Waals surface area (Å²) >= 11 is 12.5. The second-order valence-corrected chi connectivity index (χ2v) is 11.8. The first-order valence-corrected chi connectivity index (χ1v) is 14.6. The summed E-state index contributed by atoms with van der Waals surface area (Å²) < 4.78 is 13.5. The summed E-state index contributed by atoms with van der Waals surface area (Å²) in [6.45, 7) is 5.18. The Labute approximate surface area is 245 Å². The Morgan fingerprint density at radius 3 is 2.58 bits per heavy atom. The zero-order chi connectivity index (χ0) is 28.9. The third kappa shape index (κ3) is 7.24. The van der Waals surface area contributed by atoms with Gasteiger partial charge in [-0.15, -0.1) is 0 Å². The Morgan fingerprint density at radius 2 is 1.95 bits per heavy atom. The highest BCUT2D eigenvalue weighted by Gasteiger charge is 2.40. The van der Waals surface area contributed by atoms with Crippen molar-refractivity contribution in [2.24, 2.45) is 5.41 Å². The van der Waals surface area contributed by atoms with E-state index in [1.54, 1.807) is 25.3 Å². The maximum Gasteiger partial charge on any atom is 0.245 e. The summed E-state index contributed by atoms with van der Waals surface area (Å²) in [6, 6.07) is 4.86. The number of carbonyl (C=O) groups excluding carboxylic acids is 3. The van der Waals surface area contributed by atoms with E-state index in [-0.39, 0.29) is 42.0 Å². The van der Waals surface area contributed by atoms with Crippen LogP contribution in [0.5, 0.6) is 0 Å². The van der Waals surface area contributed by atoms with Gasteiger partial charge in [0, 0.05) is 50.6 Å². The molecule has 1 aromatic rings. The summed E-state index contributed by atoms with van der Waals surface area (Å²) in [6.07, 6.45) is 6.37. The van der Waals surface area contributed by atoms with Crippen molar-refractivity contribution in [3.63, 3.8) is 0 Å². The van der Waals surface area contributed by atoms with Gasteiger partial charge in [-0.1, -0.05) is 41.4 Å². The fraction of sp³-hybridized carbons (Fsp3) is 0.552. The summed E-state index contributed by atoms with van der Waals surface area (Å²) in [4.78, 5) is 43.6. The molecule has 40 heavy (non-hydrogen) atoms. The predicted molar refractivity (Wildman–Crippen MR) is 154 cm³/mol. The first-order valence-electron chi connectivity index (χ1n) is 13.9. The van der Waals surface area contributed by atoms with Crippen LogP contribution < -0.4 is 16.0 Å². The second kappa shape index (κ2) is 13.5. The van der Waals surface area contributed by atoms with Crippen molar-refractivity contribution in [3.8, 4) is 0 Å². The number of nitrogens with one attached hydrogen (secondary N) is 3. The van der Waals surface area contributed by atoms with Gasteiger partial charge in [0.05, 0.1) is 16.5 Å². The molecule has 0 spiro atoms. The third-order valence-electron chi connectivity index (χ3n) is 8.17. The largest absolute Gasteiger partial charge is 0.358 e. The SMILES string of the molecule is CNC(=O)C1(CCN2CCN(C(=O)C(Cc3ccc(F)cc3)NC(=O)C3CCCN3)C(C)C2)C=CC(Cl)=C(Cl)C1. The van der Waals surface area contributed by atoms with Gasteiger partial charge in [-0.3, -0.25) is 19.3 Å². The Kier molecular flexibility index (Phi) is 10.3. The molecule has 0 radical (unpaired) electrons. The number of allylic oxidation sites excluding steroid dienone is 3. The van der Waals surface area contributed by atoms with Crippen molar-refractivity contribution in [2.45, 2.75) is 57.2 Å². The Bertz CT molecular complexity index is 1150. The average molecular weight is 595 g/mol. The van der Waals surface area contributed by atoms with Crippen LogP contribution in [-0.4, -0.2) is 85.4 Å². The molecule has 3 amide bonds.